The highest BCUT2D eigenvalue weighted by atomic mass is 14.6. The van der Waals surface area contributed by atoms with Crippen molar-refractivity contribution in [1.29, 1.82) is 0 Å². The van der Waals surface area contributed by atoms with Crippen molar-refractivity contribution in [3.63, 3.8) is 0 Å². The summed E-state index contributed by atoms with van der Waals surface area (Å²) in [5.41, 5.74) is 5.58. The van der Waals surface area contributed by atoms with Crippen LogP contribution < -0.4 is 0 Å². The number of aryl methyl sites for hydroxylation is 2. The molecule has 0 spiro atoms. The molecule has 2 aromatic rings. The maximum atomic E-state index is 4.02. The topological polar surface area (TPSA) is 12.9 Å². The molecule has 0 unspecified atom stereocenters. The van der Waals surface area contributed by atoms with Crippen LogP contribution in [-0.4, -0.2) is 4.98 Å². The Bertz CT molecular complexity index is 555. The lowest BCUT2D eigenvalue weighted by Gasteiger charge is -2.15. The molecule has 0 bridgehead atoms. The van der Waals surface area contributed by atoms with Crippen molar-refractivity contribution in [3.05, 3.63) is 65.0 Å². The van der Waals surface area contributed by atoms with E-state index >= 15 is 0 Å². The van der Waals surface area contributed by atoms with Crippen LogP contribution in [0.15, 0.2) is 42.7 Å². The van der Waals surface area contributed by atoms with E-state index in [0.29, 0.717) is 0 Å². The molecule has 1 heterocycles. The van der Waals surface area contributed by atoms with Crippen LogP contribution in [0.3, 0.4) is 0 Å². The summed E-state index contributed by atoms with van der Waals surface area (Å²) in [6.45, 7) is 0. The first-order valence-corrected chi connectivity index (χ1v) is 6.62. The van der Waals surface area contributed by atoms with Crippen molar-refractivity contribution in [3.8, 4) is 0 Å². The Morgan fingerprint density at radius 1 is 0.778 bits per heavy atom. The summed E-state index contributed by atoms with van der Waals surface area (Å²) in [6.07, 6.45) is 13.2. The number of fused-ring (bicyclic) bond motifs is 1. The van der Waals surface area contributed by atoms with Gasteiger partial charge in [-0.1, -0.05) is 30.4 Å². The predicted molar refractivity (Wildman–Crippen MR) is 76.2 cm³/mol. The smallest absolute Gasteiger partial charge is 0.0273 e. The quantitative estimate of drug-likeness (QED) is 0.762. The number of benzene rings is 1. The minimum atomic E-state index is 1.20. The first-order chi connectivity index (χ1) is 8.92. The van der Waals surface area contributed by atoms with Crippen LogP contribution in [0.25, 0.3) is 12.2 Å². The van der Waals surface area contributed by atoms with Gasteiger partial charge >= 0.3 is 0 Å². The fourth-order valence-corrected chi connectivity index (χ4v) is 2.52. The summed E-state index contributed by atoms with van der Waals surface area (Å²) in [4.78, 5) is 4.02. The highest BCUT2D eigenvalue weighted by Gasteiger charge is 2.08. The fraction of sp³-hybridized carbons (Fsp3) is 0.235. The monoisotopic (exact) mass is 235 g/mol. The van der Waals surface area contributed by atoms with Crippen molar-refractivity contribution in [2.75, 3.05) is 0 Å². The van der Waals surface area contributed by atoms with Gasteiger partial charge in [-0.3, -0.25) is 4.98 Å². The van der Waals surface area contributed by atoms with E-state index in [1.54, 1.807) is 5.56 Å². The highest BCUT2D eigenvalue weighted by molar-refractivity contribution is 5.69. The number of hydrogen-bond acceptors (Lipinski definition) is 1. The largest absolute Gasteiger partial charge is 0.265 e. The van der Waals surface area contributed by atoms with E-state index in [1.165, 1.54) is 42.4 Å². The second kappa shape index (κ2) is 5.18. The molecule has 0 radical (unpaired) electrons. The summed E-state index contributed by atoms with van der Waals surface area (Å²) in [5, 5.41) is 0. The van der Waals surface area contributed by atoms with E-state index in [1.807, 2.05) is 24.5 Å². The zero-order valence-corrected chi connectivity index (χ0v) is 10.5. The Balaban J connectivity index is 1.83. The van der Waals surface area contributed by atoms with Gasteiger partial charge < -0.3 is 0 Å². The molecule has 0 fully saturated rings. The predicted octanol–water partition coefficient (Wildman–Crippen LogP) is 4.13. The van der Waals surface area contributed by atoms with Gasteiger partial charge in [0, 0.05) is 12.4 Å². The molecule has 0 aliphatic heterocycles. The Kier molecular flexibility index (Phi) is 3.22. The average molecular weight is 235 g/mol. The summed E-state index contributed by atoms with van der Waals surface area (Å²) < 4.78 is 0. The van der Waals surface area contributed by atoms with Crippen LogP contribution in [0.5, 0.6) is 0 Å². The third kappa shape index (κ3) is 2.51. The van der Waals surface area contributed by atoms with Gasteiger partial charge in [-0.15, -0.1) is 0 Å². The zero-order valence-electron chi connectivity index (χ0n) is 10.5. The first kappa shape index (κ1) is 11.2. The molecule has 0 saturated carbocycles. The molecule has 1 nitrogen and oxygen atoms in total. The third-order valence-electron chi connectivity index (χ3n) is 3.55. The standard InChI is InChI=1S/C17H17N/c1-2-4-17-13-15(7-8-16(17)3-1)6-5-14-9-11-18-12-10-14/h5-13H,1-4H2/b6-5+. The number of hydrogen-bond donors (Lipinski definition) is 0. The maximum absolute atomic E-state index is 4.02. The van der Waals surface area contributed by atoms with Crippen LogP contribution in [0.1, 0.15) is 35.1 Å². The molecular formula is C17H17N. The molecule has 1 aliphatic carbocycles. The summed E-state index contributed by atoms with van der Waals surface area (Å²) in [6, 6.07) is 10.9. The lowest BCUT2D eigenvalue weighted by atomic mass is 9.90. The molecule has 1 aliphatic rings. The Morgan fingerprint density at radius 2 is 1.50 bits per heavy atom. The minimum Gasteiger partial charge on any atom is -0.265 e. The molecular weight excluding hydrogens is 218 g/mol. The van der Waals surface area contributed by atoms with Crippen LogP contribution >= 0.6 is 0 Å². The van der Waals surface area contributed by atoms with Crippen LogP contribution in [0, 0.1) is 0 Å². The van der Waals surface area contributed by atoms with Crippen molar-refractivity contribution >= 4 is 12.2 Å². The van der Waals surface area contributed by atoms with E-state index in [0.717, 1.165) is 0 Å². The molecule has 90 valence electrons. The van der Waals surface area contributed by atoms with Crippen molar-refractivity contribution in [2.45, 2.75) is 25.7 Å². The zero-order chi connectivity index (χ0) is 12.2. The van der Waals surface area contributed by atoms with Crippen LogP contribution in [-0.2, 0) is 12.8 Å². The molecule has 0 N–H and O–H groups in total. The van der Waals surface area contributed by atoms with Gasteiger partial charge in [0.25, 0.3) is 0 Å². The highest BCUT2D eigenvalue weighted by Crippen LogP contribution is 2.23. The second-order valence-electron chi connectivity index (χ2n) is 4.85. The van der Waals surface area contributed by atoms with Crippen LogP contribution in [0.4, 0.5) is 0 Å². The summed E-state index contributed by atoms with van der Waals surface area (Å²) in [7, 11) is 0. The lowest BCUT2D eigenvalue weighted by Crippen LogP contribution is -2.02. The number of nitrogens with zero attached hydrogens (tertiary/aromatic N) is 1. The molecule has 0 amide bonds. The van der Waals surface area contributed by atoms with Crippen molar-refractivity contribution in [1.82, 2.24) is 4.98 Å². The summed E-state index contributed by atoms with van der Waals surface area (Å²) in [5.74, 6) is 0. The molecule has 18 heavy (non-hydrogen) atoms. The SMILES string of the molecule is C(=C\c1ccc2c(c1)CCCC2)/c1ccncc1. The third-order valence-corrected chi connectivity index (χ3v) is 3.55. The van der Waals surface area contributed by atoms with E-state index in [2.05, 4.69) is 35.3 Å². The Hall–Kier alpha value is -1.89. The molecule has 1 heteroatoms. The number of pyridine rings is 1. The molecule has 3 rings (SSSR count). The molecule has 1 aromatic carbocycles. The minimum absolute atomic E-state index is 1.20. The van der Waals surface area contributed by atoms with Gasteiger partial charge in [-0.05, 0) is 60.1 Å². The van der Waals surface area contributed by atoms with E-state index in [4.69, 9.17) is 0 Å². The van der Waals surface area contributed by atoms with Crippen molar-refractivity contribution < 1.29 is 0 Å². The Morgan fingerprint density at radius 3 is 2.33 bits per heavy atom. The van der Waals surface area contributed by atoms with E-state index < -0.39 is 0 Å². The molecule has 0 atom stereocenters. The van der Waals surface area contributed by atoms with Gasteiger partial charge in [0.2, 0.25) is 0 Å². The van der Waals surface area contributed by atoms with Gasteiger partial charge in [-0.25, -0.2) is 0 Å². The normalized spacial score (nSPS) is 14.7. The molecule has 0 saturated heterocycles. The number of rotatable bonds is 2. The van der Waals surface area contributed by atoms with Gasteiger partial charge in [0.05, 0.1) is 0 Å². The van der Waals surface area contributed by atoms with Gasteiger partial charge in [0.15, 0.2) is 0 Å². The van der Waals surface area contributed by atoms with E-state index in [-0.39, 0.29) is 0 Å². The van der Waals surface area contributed by atoms with Gasteiger partial charge in [-0.2, -0.15) is 0 Å². The second-order valence-corrected chi connectivity index (χ2v) is 4.85. The summed E-state index contributed by atoms with van der Waals surface area (Å²) >= 11 is 0. The lowest BCUT2D eigenvalue weighted by molar-refractivity contribution is 0.685. The average Bonchev–Trinajstić information content (AvgIpc) is 2.46. The van der Waals surface area contributed by atoms with E-state index in [9.17, 15) is 0 Å². The van der Waals surface area contributed by atoms with Crippen molar-refractivity contribution in [2.24, 2.45) is 0 Å². The first-order valence-electron chi connectivity index (χ1n) is 6.62. The van der Waals surface area contributed by atoms with Gasteiger partial charge in [0.1, 0.15) is 0 Å². The van der Waals surface area contributed by atoms with Crippen LogP contribution in [0.2, 0.25) is 0 Å². The molecule has 1 aromatic heterocycles. The fourth-order valence-electron chi connectivity index (χ4n) is 2.52. The Labute approximate surface area is 108 Å². The number of aromatic nitrogens is 1. The maximum Gasteiger partial charge on any atom is 0.0273 e.